The van der Waals surface area contributed by atoms with E-state index in [1.54, 1.807) is 0 Å². The molecule has 0 aliphatic heterocycles. The van der Waals surface area contributed by atoms with E-state index in [4.69, 9.17) is 5.11 Å². The number of amides is 1. The summed E-state index contributed by atoms with van der Waals surface area (Å²) >= 11 is 0. The lowest BCUT2D eigenvalue weighted by atomic mass is 10.2. The molecule has 0 aromatic rings. The zero-order valence-corrected chi connectivity index (χ0v) is 7.36. The molecule has 0 bridgehead atoms. The van der Waals surface area contributed by atoms with Gasteiger partial charge >= 0.3 is 11.9 Å². The maximum absolute atomic E-state index is 10.7. The van der Waals surface area contributed by atoms with Crippen LogP contribution >= 0.6 is 0 Å². The molecule has 0 radical (unpaired) electrons. The minimum absolute atomic E-state index is 0.370. The van der Waals surface area contributed by atoms with Crippen molar-refractivity contribution in [1.29, 1.82) is 0 Å². The summed E-state index contributed by atoms with van der Waals surface area (Å²) in [6.07, 6.45) is -0.370. The molecule has 0 unspecified atom stereocenters. The van der Waals surface area contributed by atoms with E-state index in [0.717, 1.165) is 7.11 Å². The highest BCUT2D eigenvalue weighted by molar-refractivity contribution is 5.86. The van der Waals surface area contributed by atoms with Crippen LogP contribution in [-0.2, 0) is 19.1 Å². The average molecular weight is 189 g/mol. The first kappa shape index (κ1) is 11.4. The van der Waals surface area contributed by atoms with Crippen LogP contribution in [0.3, 0.4) is 0 Å². The van der Waals surface area contributed by atoms with Crippen LogP contribution in [0.1, 0.15) is 13.3 Å². The number of hydrogen-bond acceptors (Lipinski definition) is 4. The molecule has 13 heavy (non-hydrogen) atoms. The summed E-state index contributed by atoms with van der Waals surface area (Å²) in [6.45, 7) is 1.17. The molecular weight excluding hydrogens is 178 g/mol. The SMILES string of the molecule is COC(=O)C[C@H](NC(C)=O)C(=O)O. The molecule has 1 amide bonds. The Bertz CT molecular complexity index is 225. The van der Waals surface area contributed by atoms with Crippen LogP contribution in [0.15, 0.2) is 0 Å². The first-order valence-corrected chi connectivity index (χ1v) is 3.54. The second-order valence-electron chi connectivity index (χ2n) is 2.37. The molecule has 0 saturated heterocycles. The highest BCUT2D eigenvalue weighted by Crippen LogP contribution is 1.94. The van der Waals surface area contributed by atoms with Crippen molar-refractivity contribution in [2.45, 2.75) is 19.4 Å². The number of carboxylic acid groups (broad SMARTS) is 1. The van der Waals surface area contributed by atoms with Gasteiger partial charge in [0.25, 0.3) is 0 Å². The Morgan fingerprint density at radius 3 is 2.31 bits per heavy atom. The van der Waals surface area contributed by atoms with Crippen molar-refractivity contribution >= 4 is 17.8 Å². The normalized spacial score (nSPS) is 11.5. The number of rotatable bonds is 4. The quantitative estimate of drug-likeness (QED) is 0.561. The van der Waals surface area contributed by atoms with Crippen molar-refractivity contribution in [2.24, 2.45) is 0 Å². The number of methoxy groups -OCH3 is 1. The van der Waals surface area contributed by atoms with Crippen molar-refractivity contribution in [3.63, 3.8) is 0 Å². The Hall–Kier alpha value is -1.59. The fourth-order valence-electron chi connectivity index (χ4n) is 0.695. The molecule has 0 aromatic carbocycles. The summed E-state index contributed by atoms with van der Waals surface area (Å²) in [5.41, 5.74) is 0. The number of aliphatic carboxylic acids is 1. The van der Waals surface area contributed by atoms with Crippen molar-refractivity contribution in [3.8, 4) is 0 Å². The van der Waals surface area contributed by atoms with E-state index in [2.05, 4.69) is 10.1 Å². The summed E-state index contributed by atoms with van der Waals surface area (Å²) in [7, 11) is 1.15. The van der Waals surface area contributed by atoms with E-state index < -0.39 is 23.9 Å². The Morgan fingerprint density at radius 1 is 1.46 bits per heavy atom. The van der Waals surface area contributed by atoms with Crippen LogP contribution in [0.4, 0.5) is 0 Å². The van der Waals surface area contributed by atoms with Gasteiger partial charge in [0, 0.05) is 6.92 Å². The lowest BCUT2D eigenvalue weighted by molar-refractivity contribution is -0.148. The van der Waals surface area contributed by atoms with E-state index in [-0.39, 0.29) is 6.42 Å². The van der Waals surface area contributed by atoms with E-state index in [1.807, 2.05) is 0 Å². The monoisotopic (exact) mass is 189 g/mol. The lowest BCUT2D eigenvalue weighted by Crippen LogP contribution is -2.41. The van der Waals surface area contributed by atoms with Gasteiger partial charge in [-0.1, -0.05) is 0 Å². The van der Waals surface area contributed by atoms with Gasteiger partial charge < -0.3 is 15.2 Å². The van der Waals surface area contributed by atoms with Crippen molar-refractivity contribution in [2.75, 3.05) is 7.11 Å². The predicted molar refractivity (Wildman–Crippen MR) is 41.9 cm³/mol. The van der Waals surface area contributed by atoms with E-state index in [0.29, 0.717) is 0 Å². The smallest absolute Gasteiger partial charge is 0.326 e. The van der Waals surface area contributed by atoms with E-state index in [9.17, 15) is 14.4 Å². The summed E-state index contributed by atoms with van der Waals surface area (Å²) < 4.78 is 4.26. The second-order valence-corrected chi connectivity index (χ2v) is 2.37. The Balaban J connectivity index is 4.18. The van der Waals surface area contributed by atoms with E-state index in [1.165, 1.54) is 6.92 Å². The molecule has 6 heteroatoms. The van der Waals surface area contributed by atoms with Crippen molar-refractivity contribution < 1.29 is 24.2 Å². The number of ether oxygens (including phenoxy) is 1. The minimum Gasteiger partial charge on any atom is -0.480 e. The molecule has 6 nitrogen and oxygen atoms in total. The van der Waals surface area contributed by atoms with Crippen LogP contribution in [0.2, 0.25) is 0 Å². The lowest BCUT2D eigenvalue weighted by Gasteiger charge is -2.10. The molecule has 0 rings (SSSR count). The average Bonchev–Trinajstić information content (AvgIpc) is 2.02. The standard InChI is InChI=1S/C7H11NO5/c1-4(9)8-5(7(11)12)3-6(10)13-2/h5H,3H2,1-2H3,(H,8,9)(H,11,12)/t5-/m0/s1. The molecule has 0 aromatic heterocycles. The van der Waals surface area contributed by atoms with Crippen LogP contribution in [-0.4, -0.2) is 36.1 Å². The van der Waals surface area contributed by atoms with E-state index >= 15 is 0 Å². The second kappa shape index (κ2) is 5.13. The molecule has 1 atom stereocenters. The highest BCUT2D eigenvalue weighted by Gasteiger charge is 2.21. The Labute approximate surface area is 74.9 Å². The van der Waals surface area contributed by atoms with Gasteiger partial charge in [-0.25, -0.2) is 4.79 Å². The Morgan fingerprint density at radius 2 is 2.00 bits per heavy atom. The first-order chi connectivity index (χ1) is 5.97. The fraction of sp³-hybridized carbons (Fsp3) is 0.571. The van der Waals surface area contributed by atoms with Crippen molar-refractivity contribution in [3.05, 3.63) is 0 Å². The fourth-order valence-corrected chi connectivity index (χ4v) is 0.695. The molecule has 0 fully saturated rings. The topological polar surface area (TPSA) is 92.7 Å². The number of carbonyl (C=O) groups is 3. The summed E-state index contributed by atoms with van der Waals surface area (Å²) in [6, 6.07) is -1.22. The number of carbonyl (C=O) groups excluding carboxylic acids is 2. The summed E-state index contributed by atoms with van der Waals surface area (Å²) in [5.74, 6) is -2.45. The van der Waals surface area contributed by atoms with Gasteiger partial charge in [0.15, 0.2) is 0 Å². The van der Waals surface area contributed by atoms with Gasteiger partial charge in [-0.15, -0.1) is 0 Å². The van der Waals surface area contributed by atoms with Gasteiger partial charge in [0.1, 0.15) is 6.04 Å². The number of nitrogens with one attached hydrogen (secondary N) is 1. The van der Waals surface area contributed by atoms with Gasteiger partial charge in [-0.2, -0.15) is 0 Å². The third kappa shape index (κ3) is 4.78. The molecule has 0 spiro atoms. The van der Waals surface area contributed by atoms with Crippen LogP contribution in [0.5, 0.6) is 0 Å². The number of carboxylic acids is 1. The minimum atomic E-state index is -1.26. The molecular formula is C7H11NO5. The zero-order chi connectivity index (χ0) is 10.4. The van der Waals surface area contributed by atoms with Crippen molar-refractivity contribution in [1.82, 2.24) is 5.32 Å². The number of esters is 1. The first-order valence-electron chi connectivity index (χ1n) is 3.54. The van der Waals surface area contributed by atoms with Crippen LogP contribution in [0.25, 0.3) is 0 Å². The van der Waals surface area contributed by atoms with Crippen LogP contribution in [0, 0.1) is 0 Å². The summed E-state index contributed by atoms with van der Waals surface area (Å²) in [4.78, 5) is 31.6. The summed E-state index contributed by atoms with van der Waals surface area (Å²) in [5, 5.41) is 10.6. The maximum Gasteiger partial charge on any atom is 0.326 e. The molecule has 0 aliphatic carbocycles. The van der Waals surface area contributed by atoms with Gasteiger partial charge in [-0.05, 0) is 0 Å². The zero-order valence-electron chi connectivity index (χ0n) is 7.36. The molecule has 0 aliphatic rings. The molecule has 74 valence electrons. The van der Waals surface area contributed by atoms with Gasteiger partial charge in [0.05, 0.1) is 13.5 Å². The van der Waals surface area contributed by atoms with Gasteiger partial charge in [0.2, 0.25) is 5.91 Å². The number of hydrogen-bond donors (Lipinski definition) is 2. The predicted octanol–water partition coefficient (Wildman–Crippen LogP) is -0.861. The third-order valence-electron chi connectivity index (χ3n) is 1.27. The largest absolute Gasteiger partial charge is 0.480 e. The maximum atomic E-state index is 10.7. The molecule has 2 N–H and O–H groups in total. The van der Waals surface area contributed by atoms with Gasteiger partial charge in [-0.3, -0.25) is 9.59 Å². The van der Waals surface area contributed by atoms with Crippen LogP contribution < -0.4 is 5.32 Å². The molecule has 0 saturated carbocycles. The Kier molecular flexibility index (Phi) is 4.50. The highest BCUT2D eigenvalue weighted by atomic mass is 16.5. The third-order valence-corrected chi connectivity index (χ3v) is 1.27. The molecule has 0 heterocycles.